The molecular weight excluding hydrogens is 288 g/mol. The smallest absolute Gasteiger partial charge is 0.0704 e. The standard InChI is InChI=1S/C20H38O3/c1-16(2)18-10-9-17(3)15-19(18)22-14-13-21-11-7-8-12-23-20(4,5)6/h17-19H,1,7-15H2,2-6H3. The van der Waals surface area contributed by atoms with Gasteiger partial charge in [0.1, 0.15) is 0 Å². The summed E-state index contributed by atoms with van der Waals surface area (Å²) >= 11 is 0. The van der Waals surface area contributed by atoms with Gasteiger partial charge in [0.25, 0.3) is 0 Å². The lowest BCUT2D eigenvalue weighted by Gasteiger charge is -2.35. The van der Waals surface area contributed by atoms with Gasteiger partial charge in [0.2, 0.25) is 0 Å². The Labute approximate surface area is 143 Å². The van der Waals surface area contributed by atoms with E-state index in [1.165, 1.54) is 18.4 Å². The molecule has 3 nitrogen and oxygen atoms in total. The number of hydrogen-bond donors (Lipinski definition) is 0. The highest BCUT2D eigenvalue weighted by molar-refractivity contribution is 5.02. The molecule has 0 heterocycles. The Balaban J connectivity index is 2.04. The summed E-state index contributed by atoms with van der Waals surface area (Å²) in [7, 11) is 0. The van der Waals surface area contributed by atoms with Crippen molar-refractivity contribution in [3.05, 3.63) is 12.2 Å². The van der Waals surface area contributed by atoms with Crippen LogP contribution in [0.4, 0.5) is 0 Å². The van der Waals surface area contributed by atoms with E-state index in [2.05, 4.69) is 41.2 Å². The zero-order valence-corrected chi connectivity index (χ0v) is 16.0. The Morgan fingerprint density at radius 1 is 1.04 bits per heavy atom. The summed E-state index contributed by atoms with van der Waals surface area (Å²) in [5.41, 5.74) is 1.23. The fourth-order valence-electron chi connectivity index (χ4n) is 3.12. The van der Waals surface area contributed by atoms with Crippen molar-refractivity contribution < 1.29 is 14.2 Å². The molecule has 0 spiro atoms. The van der Waals surface area contributed by atoms with Gasteiger partial charge in [-0.05, 0) is 65.7 Å². The van der Waals surface area contributed by atoms with Crippen LogP contribution < -0.4 is 0 Å². The van der Waals surface area contributed by atoms with Crippen molar-refractivity contribution in [2.45, 2.75) is 78.4 Å². The molecule has 3 heteroatoms. The first kappa shape index (κ1) is 20.7. The van der Waals surface area contributed by atoms with E-state index in [0.717, 1.165) is 38.4 Å². The number of rotatable bonds is 10. The van der Waals surface area contributed by atoms with E-state index in [-0.39, 0.29) is 5.60 Å². The van der Waals surface area contributed by atoms with E-state index in [9.17, 15) is 0 Å². The van der Waals surface area contributed by atoms with Gasteiger partial charge in [-0.3, -0.25) is 0 Å². The van der Waals surface area contributed by atoms with Crippen LogP contribution >= 0.6 is 0 Å². The largest absolute Gasteiger partial charge is 0.379 e. The van der Waals surface area contributed by atoms with Crippen molar-refractivity contribution in [1.29, 1.82) is 0 Å². The molecule has 3 unspecified atom stereocenters. The highest BCUT2D eigenvalue weighted by Crippen LogP contribution is 2.34. The first-order valence-corrected chi connectivity index (χ1v) is 9.28. The zero-order valence-electron chi connectivity index (χ0n) is 16.0. The van der Waals surface area contributed by atoms with Crippen molar-refractivity contribution >= 4 is 0 Å². The summed E-state index contributed by atoms with van der Waals surface area (Å²) in [6.07, 6.45) is 6.10. The van der Waals surface area contributed by atoms with Crippen molar-refractivity contribution in [3.63, 3.8) is 0 Å². The second kappa shape index (κ2) is 10.5. The Morgan fingerprint density at radius 2 is 1.74 bits per heavy atom. The van der Waals surface area contributed by atoms with E-state index in [1.54, 1.807) is 0 Å². The minimum Gasteiger partial charge on any atom is -0.379 e. The van der Waals surface area contributed by atoms with Crippen LogP contribution in [-0.2, 0) is 14.2 Å². The van der Waals surface area contributed by atoms with Gasteiger partial charge in [-0.15, -0.1) is 0 Å². The Kier molecular flexibility index (Phi) is 9.41. The minimum absolute atomic E-state index is 0.0361. The highest BCUT2D eigenvalue weighted by Gasteiger charge is 2.29. The van der Waals surface area contributed by atoms with Gasteiger partial charge in [0.05, 0.1) is 24.9 Å². The molecule has 1 saturated carbocycles. The van der Waals surface area contributed by atoms with Gasteiger partial charge in [0, 0.05) is 19.1 Å². The first-order valence-electron chi connectivity index (χ1n) is 9.28. The summed E-state index contributed by atoms with van der Waals surface area (Å²) in [6.45, 7) is 17.8. The monoisotopic (exact) mass is 326 g/mol. The molecule has 0 N–H and O–H groups in total. The van der Waals surface area contributed by atoms with Crippen molar-refractivity contribution in [2.24, 2.45) is 11.8 Å². The fourth-order valence-corrected chi connectivity index (χ4v) is 3.12. The van der Waals surface area contributed by atoms with Crippen LogP contribution in [0.3, 0.4) is 0 Å². The van der Waals surface area contributed by atoms with Crippen LogP contribution in [0, 0.1) is 11.8 Å². The SMILES string of the molecule is C=C(C)C1CCC(C)CC1OCCOCCCCOC(C)(C)C. The van der Waals surface area contributed by atoms with Crippen molar-refractivity contribution in [1.82, 2.24) is 0 Å². The van der Waals surface area contributed by atoms with Crippen LogP contribution in [0.15, 0.2) is 12.2 Å². The third kappa shape index (κ3) is 9.49. The second-order valence-electron chi connectivity index (χ2n) is 8.06. The lowest BCUT2D eigenvalue weighted by Crippen LogP contribution is -2.32. The molecular formula is C20H38O3. The second-order valence-corrected chi connectivity index (χ2v) is 8.06. The highest BCUT2D eigenvalue weighted by atomic mass is 16.5. The molecule has 1 aliphatic carbocycles. The van der Waals surface area contributed by atoms with Gasteiger partial charge in [-0.1, -0.05) is 19.1 Å². The van der Waals surface area contributed by atoms with E-state index in [0.29, 0.717) is 25.2 Å². The quantitative estimate of drug-likeness (QED) is 0.418. The number of unbranched alkanes of at least 4 members (excludes halogenated alkanes) is 1. The third-order valence-electron chi connectivity index (χ3n) is 4.46. The van der Waals surface area contributed by atoms with Crippen LogP contribution in [-0.4, -0.2) is 38.1 Å². The van der Waals surface area contributed by atoms with Crippen LogP contribution in [0.25, 0.3) is 0 Å². The molecule has 3 atom stereocenters. The van der Waals surface area contributed by atoms with Crippen LogP contribution in [0.2, 0.25) is 0 Å². The van der Waals surface area contributed by atoms with Crippen molar-refractivity contribution in [2.75, 3.05) is 26.4 Å². The van der Waals surface area contributed by atoms with E-state index in [4.69, 9.17) is 14.2 Å². The fraction of sp³-hybridized carbons (Fsp3) is 0.900. The molecule has 0 aromatic rings. The summed E-state index contributed by atoms with van der Waals surface area (Å²) in [6, 6.07) is 0. The molecule has 23 heavy (non-hydrogen) atoms. The van der Waals surface area contributed by atoms with Gasteiger partial charge in [-0.2, -0.15) is 0 Å². The maximum Gasteiger partial charge on any atom is 0.0704 e. The Bertz CT molecular complexity index is 332. The summed E-state index contributed by atoms with van der Waals surface area (Å²) in [5, 5.41) is 0. The minimum atomic E-state index is -0.0361. The number of ether oxygens (including phenoxy) is 3. The lowest BCUT2D eigenvalue weighted by molar-refractivity contribution is -0.0404. The van der Waals surface area contributed by atoms with E-state index in [1.807, 2.05) is 0 Å². The molecule has 0 radical (unpaired) electrons. The van der Waals surface area contributed by atoms with Gasteiger partial charge in [-0.25, -0.2) is 0 Å². The maximum absolute atomic E-state index is 6.09. The summed E-state index contributed by atoms with van der Waals surface area (Å²) in [4.78, 5) is 0. The van der Waals surface area contributed by atoms with Crippen LogP contribution in [0.5, 0.6) is 0 Å². The number of hydrogen-bond acceptors (Lipinski definition) is 3. The third-order valence-corrected chi connectivity index (χ3v) is 4.46. The van der Waals surface area contributed by atoms with Gasteiger partial charge >= 0.3 is 0 Å². The average Bonchev–Trinajstić information content (AvgIpc) is 2.44. The van der Waals surface area contributed by atoms with Crippen LogP contribution in [0.1, 0.15) is 66.7 Å². The maximum atomic E-state index is 6.09. The lowest BCUT2D eigenvalue weighted by atomic mass is 9.78. The molecule has 136 valence electrons. The van der Waals surface area contributed by atoms with E-state index < -0.39 is 0 Å². The molecule has 1 aliphatic rings. The summed E-state index contributed by atoms with van der Waals surface area (Å²) < 4.78 is 17.5. The molecule has 0 saturated heterocycles. The normalized spacial score (nSPS) is 25.5. The molecule has 0 aromatic carbocycles. The zero-order chi connectivity index (χ0) is 17.3. The summed E-state index contributed by atoms with van der Waals surface area (Å²) in [5.74, 6) is 1.29. The molecule has 0 bridgehead atoms. The topological polar surface area (TPSA) is 27.7 Å². The molecule has 1 rings (SSSR count). The molecule has 0 aromatic heterocycles. The Hall–Kier alpha value is -0.380. The molecule has 0 aliphatic heterocycles. The predicted molar refractivity (Wildman–Crippen MR) is 96.8 cm³/mol. The van der Waals surface area contributed by atoms with Crippen molar-refractivity contribution in [3.8, 4) is 0 Å². The van der Waals surface area contributed by atoms with E-state index >= 15 is 0 Å². The van der Waals surface area contributed by atoms with Gasteiger partial charge < -0.3 is 14.2 Å². The molecule has 1 fully saturated rings. The average molecular weight is 327 g/mol. The first-order chi connectivity index (χ1) is 10.8. The van der Waals surface area contributed by atoms with Gasteiger partial charge in [0.15, 0.2) is 0 Å². The predicted octanol–water partition coefficient (Wildman–Crippen LogP) is 5.00. The Morgan fingerprint density at radius 3 is 2.39 bits per heavy atom. The molecule has 0 amide bonds.